The van der Waals surface area contributed by atoms with Gasteiger partial charge in [-0.3, -0.25) is 9.69 Å². The van der Waals surface area contributed by atoms with Gasteiger partial charge < -0.3 is 14.8 Å². The Balaban J connectivity index is 1.31. The first-order valence-corrected chi connectivity index (χ1v) is 14.3. The van der Waals surface area contributed by atoms with E-state index in [-0.39, 0.29) is 28.5 Å². The van der Waals surface area contributed by atoms with E-state index in [1.165, 1.54) is 51.9 Å². The van der Waals surface area contributed by atoms with Crippen LogP contribution in [0.15, 0.2) is 72.0 Å². The zero-order valence-corrected chi connectivity index (χ0v) is 24.9. The van der Waals surface area contributed by atoms with Crippen molar-refractivity contribution >= 4 is 40.2 Å². The highest BCUT2D eigenvalue weighted by Gasteiger charge is 2.33. The molecule has 0 unspecified atom stereocenters. The lowest BCUT2D eigenvalue weighted by molar-refractivity contribution is -0.274. The van der Waals surface area contributed by atoms with Gasteiger partial charge in [-0.25, -0.2) is 14.5 Å². The number of methoxy groups -OCH3 is 1. The molecule has 0 spiro atoms. The Morgan fingerprint density at radius 1 is 1.07 bits per heavy atom. The minimum atomic E-state index is -4.78. The van der Waals surface area contributed by atoms with E-state index in [9.17, 15) is 22.8 Å². The highest BCUT2D eigenvalue weighted by molar-refractivity contribution is 8.15. The van der Waals surface area contributed by atoms with E-state index >= 15 is 0 Å². The molecule has 10 nitrogen and oxygen atoms in total. The number of amidine groups is 1. The Morgan fingerprint density at radius 3 is 2.45 bits per heavy atom. The van der Waals surface area contributed by atoms with Crippen LogP contribution in [0.3, 0.4) is 0 Å². The number of aliphatic imine (C=N–C) groups is 1. The van der Waals surface area contributed by atoms with E-state index in [1.807, 2.05) is 32.9 Å². The molecule has 0 saturated carbocycles. The Kier molecular flexibility index (Phi) is 8.63. The van der Waals surface area contributed by atoms with E-state index in [0.29, 0.717) is 34.2 Å². The summed E-state index contributed by atoms with van der Waals surface area (Å²) in [6.45, 7) is 5.86. The third kappa shape index (κ3) is 6.86. The van der Waals surface area contributed by atoms with Crippen molar-refractivity contribution in [3.05, 3.63) is 78.1 Å². The van der Waals surface area contributed by atoms with Crippen LogP contribution in [0.1, 0.15) is 30.9 Å². The number of carbonyl (C=O) groups excluding carboxylic acids is 2. The normalized spacial score (nSPS) is 14.4. The molecule has 5 rings (SSSR count). The van der Waals surface area contributed by atoms with Crippen LogP contribution in [-0.4, -0.2) is 51.1 Å². The second-order valence-electron chi connectivity index (χ2n) is 10.0. The largest absolute Gasteiger partial charge is 0.573 e. The molecule has 0 radical (unpaired) electrons. The van der Waals surface area contributed by atoms with Gasteiger partial charge in [-0.2, -0.15) is 4.99 Å². The standard InChI is InChI=1S/C30H27F3N6O4S/c1-17(2)23-12-10-22(42-4)14-25(23)39-26(40)15-44-29(39)36-28(41)35-19-5-11-24(18(3)13-19)27-34-16-38(37-27)20-6-8-21(9-7-20)43-30(31,32)33/h5-14,16-17H,15H2,1-4H3,(H,35,41)/b36-29-. The minimum Gasteiger partial charge on any atom is -0.497 e. The predicted octanol–water partition coefficient (Wildman–Crippen LogP) is 6.94. The van der Waals surface area contributed by atoms with Gasteiger partial charge >= 0.3 is 12.4 Å². The SMILES string of the molecule is COc1ccc(C(C)C)c(N2C(=O)CS/C2=N\C(=O)Nc2ccc(-c3ncn(-c4ccc(OC(F)(F)F)cc4)n3)c(C)c2)c1. The minimum absolute atomic E-state index is 0.116. The summed E-state index contributed by atoms with van der Waals surface area (Å²) in [5.41, 5.74) is 3.96. The van der Waals surface area contributed by atoms with Crippen LogP contribution in [0.5, 0.6) is 11.5 Å². The molecule has 14 heteroatoms. The lowest BCUT2D eigenvalue weighted by atomic mass is 10.00. The molecule has 1 aliphatic rings. The average Bonchev–Trinajstić information content (AvgIpc) is 3.59. The summed E-state index contributed by atoms with van der Waals surface area (Å²) in [6.07, 6.45) is -3.33. The van der Waals surface area contributed by atoms with Crippen molar-refractivity contribution in [3.63, 3.8) is 0 Å². The molecule has 1 saturated heterocycles. The van der Waals surface area contributed by atoms with Gasteiger partial charge in [-0.1, -0.05) is 31.7 Å². The highest BCUT2D eigenvalue weighted by Crippen LogP contribution is 2.36. The van der Waals surface area contributed by atoms with Gasteiger partial charge in [0.05, 0.1) is 24.2 Å². The summed E-state index contributed by atoms with van der Waals surface area (Å²) in [5.74, 6) is 0.708. The fourth-order valence-corrected chi connectivity index (χ4v) is 5.41. The number of anilines is 2. The molecule has 0 aliphatic carbocycles. The zero-order valence-electron chi connectivity index (χ0n) is 24.0. The maximum Gasteiger partial charge on any atom is 0.573 e. The summed E-state index contributed by atoms with van der Waals surface area (Å²) in [5, 5.41) is 7.45. The van der Waals surface area contributed by atoms with Crippen molar-refractivity contribution in [2.24, 2.45) is 4.99 Å². The summed E-state index contributed by atoms with van der Waals surface area (Å²) < 4.78 is 48.0. The number of aromatic nitrogens is 3. The first-order chi connectivity index (χ1) is 20.9. The average molecular weight is 625 g/mol. The molecule has 2 heterocycles. The number of halogens is 3. The molecular formula is C30H27F3N6O4S. The maximum atomic E-state index is 12.9. The van der Waals surface area contributed by atoms with Crippen LogP contribution in [0.25, 0.3) is 17.1 Å². The Labute approximate surface area is 254 Å². The lowest BCUT2D eigenvalue weighted by Gasteiger charge is -2.22. The molecule has 1 N–H and O–H groups in total. The first-order valence-electron chi connectivity index (χ1n) is 13.3. The van der Waals surface area contributed by atoms with Crippen molar-refractivity contribution < 1.29 is 32.2 Å². The molecule has 0 bridgehead atoms. The third-order valence-corrected chi connectivity index (χ3v) is 7.53. The second-order valence-corrected chi connectivity index (χ2v) is 10.9. The van der Waals surface area contributed by atoms with Gasteiger partial charge in [0.25, 0.3) is 0 Å². The lowest BCUT2D eigenvalue weighted by Crippen LogP contribution is -2.31. The van der Waals surface area contributed by atoms with Crippen LogP contribution < -0.4 is 19.7 Å². The van der Waals surface area contributed by atoms with E-state index in [2.05, 4.69) is 25.1 Å². The fraction of sp³-hybridized carbons (Fsp3) is 0.233. The second kappa shape index (κ2) is 12.4. The molecular weight excluding hydrogens is 597 g/mol. The summed E-state index contributed by atoms with van der Waals surface area (Å²) >= 11 is 1.18. The molecule has 228 valence electrons. The van der Waals surface area contributed by atoms with E-state index in [4.69, 9.17) is 4.74 Å². The number of hydrogen-bond acceptors (Lipinski definition) is 7. The van der Waals surface area contributed by atoms with Gasteiger partial charge in [0.1, 0.15) is 17.8 Å². The number of alkyl halides is 3. The Bertz CT molecular complexity index is 1740. The van der Waals surface area contributed by atoms with Gasteiger partial charge in [-0.05, 0) is 72.5 Å². The third-order valence-electron chi connectivity index (χ3n) is 6.61. The van der Waals surface area contributed by atoms with Gasteiger partial charge in [0, 0.05) is 17.3 Å². The summed E-state index contributed by atoms with van der Waals surface area (Å²) in [4.78, 5) is 35.8. The zero-order chi connectivity index (χ0) is 31.6. The number of hydrogen-bond donors (Lipinski definition) is 1. The quantitative estimate of drug-likeness (QED) is 0.237. The van der Waals surface area contributed by atoms with Gasteiger partial charge in [-0.15, -0.1) is 18.3 Å². The predicted molar refractivity (Wildman–Crippen MR) is 162 cm³/mol. The molecule has 3 amide bonds. The number of thioether (sulfide) groups is 1. The molecule has 44 heavy (non-hydrogen) atoms. The number of ether oxygens (including phenoxy) is 2. The number of amides is 3. The number of carbonyl (C=O) groups is 2. The topological polar surface area (TPSA) is 111 Å². The number of rotatable bonds is 7. The highest BCUT2D eigenvalue weighted by atomic mass is 32.2. The maximum absolute atomic E-state index is 12.9. The number of nitrogens with one attached hydrogen (secondary N) is 1. The number of benzene rings is 3. The van der Waals surface area contributed by atoms with Crippen LogP contribution in [0.4, 0.5) is 29.3 Å². The number of nitrogens with zero attached hydrogens (tertiary/aromatic N) is 5. The molecule has 1 fully saturated rings. The molecule has 4 aromatic rings. The van der Waals surface area contributed by atoms with Crippen LogP contribution >= 0.6 is 11.8 Å². The molecule has 1 aromatic heterocycles. The Hall–Kier alpha value is -4.85. The van der Waals surface area contributed by atoms with Crippen molar-refractivity contribution in [2.45, 2.75) is 33.1 Å². The van der Waals surface area contributed by atoms with Crippen molar-refractivity contribution in [1.82, 2.24) is 14.8 Å². The molecule has 0 atom stereocenters. The van der Waals surface area contributed by atoms with Crippen LogP contribution in [-0.2, 0) is 4.79 Å². The molecule has 3 aromatic carbocycles. The smallest absolute Gasteiger partial charge is 0.497 e. The van der Waals surface area contributed by atoms with Crippen LogP contribution in [0.2, 0.25) is 0 Å². The van der Waals surface area contributed by atoms with E-state index in [1.54, 1.807) is 31.4 Å². The molecule has 1 aliphatic heterocycles. The van der Waals surface area contributed by atoms with Gasteiger partial charge in [0.15, 0.2) is 11.0 Å². The van der Waals surface area contributed by atoms with Crippen molar-refractivity contribution in [1.29, 1.82) is 0 Å². The van der Waals surface area contributed by atoms with E-state index < -0.39 is 12.4 Å². The number of urea groups is 1. The fourth-order valence-electron chi connectivity index (χ4n) is 4.56. The van der Waals surface area contributed by atoms with Crippen LogP contribution in [0, 0.1) is 6.92 Å². The summed E-state index contributed by atoms with van der Waals surface area (Å²) in [7, 11) is 1.55. The van der Waals surface area contributed by atoms with Crippen molar-refractivity contribution in [2.75, 3.05) is 23.1 Å². The monoisotopic (exact) mass is 624 g/mol. The number of aryl methyl sites for hydroxylation is 1. The Morgan fingerprint density at radius 2 is 1.80 bits per heavy atom. The summed E-state index contributed by atoms with van der Waals surface area (Å²) in [6, 6.07) is 15.2. The van der Waals surface area contributed by atoms with Gasteiger partial charge in [0.2, 0.25) is 5.91 Å². The first kappa shape index (κ1) is 30.6. The van der Waals surface area contributed by atoms with E-state index in [0.717, 1.165) is 11.1 Å². The van der Waals surface area contributed by atoms with Crippen molar-refractivity contribution in [3.8, 4) is 28.6 Å².